The van der Waals surface area contributed by atoms with Gasteiger partial charge in [0.05, 0.1) is 17.8 Å². The first-order chi connectivity index (χ1) is 10.7. The lowest BCUT2D eigenvalue weighted by molar-refractivity contribution is 0.276. The van der Waals surface area contributed by atoms with E-state index in [1.165, 1.54) is 12.1 Å². The van der Waals surface area contributed by atoms with E-state index in [0.717, 1.165) is 45.0 Å². The smallest absolute Gasteiger partial charge is 0.0785 e. The van der Waals surface area contributed by atoms with Crippen LogP contribution in [0.4, 0.5) is 5.69 Å². The molecule has 1 saturated heterocycles. The predicted molar refractivity (Wildman–Crippen MR) is 89.5 cm³/mol. The van der Waals surface area contributed by atoms with E-state index >= 15 is 0 Å². The minimum atomic E-state index is 0.704. The lowest BCUT2D eigenvalue weighted by Gasteiger charge is -2.23. The molecule has 0 N–H and O–H groups in total. The van der Waals surface area contributed by atoms with Crippen LogP contribution in [0, 0.1) is 6.92 Å². The number of nitrogens with zero attached hydrogens (tertiary/aromatic N) is 5. The SMILES string of the molecule is Cc1cc(N2CCCN(CCn3cc(Cl)cn3)CC2)ccn1. The van der Waals surface area contributed by atoms with E-state index in [0.29, 0.717) is 5.02 Å². The Bertz CT molecular complexity index is 612. The molecule has 1 aliphatic rings. The van der Waals surface area contributed by atoms with Crippen LogP contribution in [-0.4, -0.2) is 52.4 Å². The van der Waals surface area contributed by atoms with Crippen molar-refractivity contribution < 1.29 is 0 Å². The molecule has 0 atom stereocenters. The van der Waals surface area contributed by atoms with E-state index in [9.17, 15) is 0 Å². The fraction of sp³-hybridized carbons (Fsp3) is 0.500. The van der Waals surface area contributed by atoms with Gasteiger partial charge in [-0.05, 0) is 32.0 Å². The summed E-state index contributed by atoms with van der Waals surface area (Å²) in [6.45, 7) is 8.33. The molecule has 5 nitrogen and oxygen atoms in total. The fourth-order valence-electron chi connectivity index (χ4n) is 2.88. The van der Waals surface area contributed by atoms with Gasteiger partial charge in [0.2, 0.25) is 0 Å². The third-order valence-corrected chi connectivity index (χ3v) is 4.28. The Hall–Kier alpha value is -1.59. The molecule has 1 fully saturated rings. The topological polar surface area (TPSA) is 37.2 Å². The lowest BCUT2D eigenvalue weighted by Crippen LogP contribution is -2.32. The molecule has 0 spiro atoms. The van der Waals surface area contributed by atoms with Crippen LogP contribution >= 0.6 is 11.6 Å². The summed E-state index contributed by atoms with van der Waals surface area (Å²) in [6, 6.07) is 4.27. The van der Waals surface area contributed by atoms with Crippen molar-refractivity contribution in [3.05, 3.63) is 41.4 Å². The van der Waals surface area contributed by atoms with Gasteiger partial charge in [0.1, 0.15) is 0 Å². The third-order valence-electron chi connectivity index (χ3n) is 4.08. The summed E-state index contributed by atoms with van der Waals surface area (Å²) in [5.41, 5.74) is 2.36. The van der Waals surface area contributed by atoms with Crippen LogP contribution < -0.4 is 4.90 Å². The number of aryl methyl sites for hydroxylation is 1. The van der Waals surface area contributed by atoms with Crippen LogP contribution in [0.25, 0.3) is 0 Å². The van der Waals surface area contributed by atoms with Crippen molar-refractivity contribution in [1.82, 2.24) is 19.7 Å². The third kappa shape index (κ3) is 3.99. The summed E-state index contributed by atoms with van der Waals surface area (Å²) in [5.74, 6) is 0. The first-order valence-corrected chi connectivity index (χ1v) is 8.16. The Kier molecular flexibility index (Phi) is 4.95. The number of hydrogen-bond acceptors (Lipinski definition) is 4. The quantitative estimate of drug-likeness (QED) is 0.867. The molecule has 2 aromatic rings. The molecule has 0 amide bonds. The maximum absolute atomic E-state index is 5.90. The van der Waals surface area contributed by atoms with E-state index in [4.69, 9.17) is 11.6 Å². The monoisotopic (exact) mass is 319 g/mol. The predicted octanol–water partition coefficient (Wildman–Crippen LogP) is 2.45. The number of halogens is 1. The van der Waals surface area contributed by atoms with Crippen molar-refractivity contribution in [2.24, 2.45) is 0 Å². The number of hydrogen-bond donors (Lipinski definition) is 0. The molecule has 1 aliphatic heterocycles. The molecule has 0 unspecified atom stereocenters. The second-order valence-corrected chi connectivity index (χ2v) is 6.20. The Morgan fingerprint density at radius 1 is 1.18 bits per heavy atom. The van der Waals surface area contributed by atoms with E-state index in [1.807, 2.05) is 24.0 Å². The maximum Gasteiger partial charge on any atom is 0.0785 e. The molecule has 118 valence electrons. The largest absolute Gasteiger partial charge is 0.370 e. The van der Waals surface area contributed by atoms with Crippen molar-refractivity contribution in [2.45, 2.75) is 19.9 Å². The number of pyridine rings is 1. The van der Waals surface area contributed by atoms with Gasteiger partial charge >= 0.3 is 0 Å². The summed E-state index contributed by atoms with van der Waals surface area (Å²) in [5, 5.41) is 4.94. The Balaban J connectivity index is 1.53. The van der Waals surface area contributed by atoms with Crippen LogP contribution in [0.2, 0.25) is 5.02 Å². The molecule has 3 rings (SSSR count). The zero-order valence-electron chi connectivity index (χ0n) is 13.0. The van der Waals surface area contributed by atoms with Gasteiger partial charge in [0, 0.05) is 50.0 Å². The Morgan fingerprint density at radius 3 is 2.86 bits per heavy atom. The highest BCUT2D eigenvalue weighted by molar-refractivity contribution is 6.30. The van der Waals surface area contributed by atoms with Gasteiger partial charge in [-0.15, -0.1) is 0 Å². The molecule has 0 aromatic carbocycles. The number of rotatable bonds is 4. The van der Waals surface area contributed by atoms with Crippen molar-refractivity contribution in [3.63, 3.8) is 0 Å². The lowest BCUT2D eigenvalue weighted by atomic mass is 10.3. The minimum Gasteiger partial charge on any atom is -0.370 e. The molecule has 0 aliphatic carbocycles. The van der Waals surface area contributed by atoms with Crippen LogP contribution in [0.1, 0.15) is 12.1 Å². The van der Waals surface area contributed by atoms with Crippen LogP contribution in [-0.2, 0) is 6.54 Å². The molecular weight excluding hydrogens is 298 g/mol. The van der Waals surface area contributed by atoms with Crippen molar-refractivity contribution in [3.8, 4) is 0 Å². The normalized spacial score (nSPS) is 16.7. The zero-order valence-corrected chi connectivity index (χ0v) is 13.7. The van der Waals surface area contributed by atoms with E-state index in [2.05, 4.69) is 32.0 Å². The first-order valence-electron chi connectivity index (χ1n) is 7.78. The van der Waals surface area contributed by atoms with Crippen molar-refractivity contribution in [2.75, 3.05) is 37.6 Å². The second-order valence-electron chi connectivity index (χ2n) is 5.76. The average molecular weight is 320 g/mol. The van der Waals surface area contributed by atoms with Crippen LogP contribution in [0.3, 0.4) is 0 Å². The van der Waals surface area contributed by atoms with Crippen molar-refractivity contribution in [1.29, 1.82) is 0 Å². The summed E-state index contributed by atoms with van der Waals surface area (Å²) in [6.07, 6.45) is 6.65. The Labute approximate surface area is 136 Å². The van der Waals surface area contributed by atoms with Gasteiger partial charge in [-0.2, -0.15) is 5.10 Å². The zero-order chi connectivity index (χ0) is 15.4. The van der Waals surface area contributed by atoms with Crippen molar-refractivity contribution >= 4 is 17.3 Å². The van der Waals surface area contributed by atoms with Gasteiger partial charge in [-0.3, -0.25) is 14.6 Å². The highest BCUT2D eigenvalue weighted by Gasteiger charge is 2.15. The van der Waals surface area contributed by atoms with Gasteiger partial charge in [-0.1, -0.05) is 11.6 Å². The van der Waals surface area contributed by atoms with Gasteiger partial charge in [0.25, 0.3) is 0 Å². The molecule has 22 heavy (non-hydrogen) atoms. The van der Waals surface area contributed by atoms with E-state index < -0.39 is 0 Å². The van der Waals surface area contributed by atoms with Gasteiger partial charge in [-0.25, -0.2) is 0 Å². The molecule has 2 aromatic heterocycles. The number of anilines is 1. The van der Waals surface area contributed by atoms with Crippen LogP contribution in [0.5, 0.6) is 0 Å². The summed E-state index contributed by atoms with van der Waals surface area (Å²) in [4.78, 5) is 9.24. The Morgan fingerprint density at radius 2 is 2.09 bits per heavy atom. The van der Waals surface area contributed by atoms with Gasteiger partial charge < -0.3 is 4.90 Å². The summed E-state index contributed by atoms with van der Waals surface area (Å²) in [7, 11) is 0. The highest BCUT2D eigenvalue weighted by atomic mass is 35.5. The molecule has 0 saturated carbocycles. The standard InChI is InChI=1S/C16H22ClN5/c1-14-11-16(3-4-18-14)21-6-2-5-20(7-9-21)8-10-22-13-15(17)12-19-22/h3-4,11-13H,2,5-10H2,1H3. The fourth-order valence-corrected chi connectivity index (χ4v) is 3.04. The molecule has 0 radical (unpaired) electrons. The van der Waals surface area contributed by atoms with E-state index in [-0.39, 0.29) is 0 Å². The molecule has 6 heteroatoms. The molecule has 0 bridgehead atoms. The van der Waals surface area contributed by atoms with Crippen LogP contribution in [0.15, 0.2) is 30.7 Å². The highest BCUT2D eigenvalue weighted by Crippen LogP contribution is 2.16. The maximum atomic E-state index is 5.90. The second kappa shape index (κ2) is 7.11. The summed E-state index contributed by atoms with van der Waals surface area (Å²) >= 11 is 5.90. The number of aromatic nitrogens is 3. The first kappa shape index (κ1) is 15.3. The molecular formula is C16H22ClN5. The van der Waals surface area contributed by atoms with Gasteiger partial charge in [0.15, 0.2) is 0 Å². The minimum absolute atomic E-state index is 0.704. The summed E-state index contributed by atoms with van der Waals surface area (Å²) < 4.78 is 1.91. The average Bonchev–Trinajstić information content (AvgIpc) is 2.79. The van der Waals surface area contributed by atoms with E-state index in [1.54, 1.807) is 6.20 Å². The molecule has 3 heterocycles.